The average molecular weight is 448 g/mol. The number of nitrogens with two attached hydrogens (primary N) is 1. The Bertz CT molecular complexity index is 1290. The van der Waals surface area contributed by atoms with Gasteiger partial charge in [0.05, 0.1) is 6.54 Å². The molecule has 8 nitrogen and oxygen atoms in total. The lowest BCUT2D eigenvalue weighted by Gasteiger charge is -2.23. The molecule has 1 fully saturated rings. The molecule has 0 aliphatic carbocycles. The van der Waals surface area contributed by atoms with Crippen molar-refractivity contribution in [1.82, 2.24) is 9.13 Å². The van der Waals surface area contributed by atoms with Gasteiger partial charge in [0, 0.05) is 18.8 Å². The van der Waals surface area contributed by atoms with Gasteiger partial charge in [0.2, 0.25) is 5.91 Å². The minimum absolute atomic E-state index is 0.140. The van der Waals surface area contributed by atoms with E-state index < -0.39 is 17.2 Å². The zero-order valence-electron chi connectivity index (χ0n) is 19.0. The van der Waals surface area contributed by atoms with Crippen LogP contribution in [0.3, 0.4) is 0 Å². The summed E-state index contributed by atoms with van der Waals surface area (Å²) in [5, 5.41) is 2.79. The molecule has 1 aliphatic heterocycles. The quantitative estimate of drug-likeness (QED) is 0.605. The molecule has 1 aliphatic rings. The summed E-state index contributed by atoms with van der Waals surface area (Å²) in [5.74, 6) is -0.303. The van der Waals surface area contributed by atoms with Crippen LogP contribution in [0.4, 0.5) is 17.2 Å². The van der Waals surface area contributed by atoms with Crippen LogP contribution in [-0.4, -0.2) is 28.1 Å². The maximum atomic E-state index is 13.3. The number of benzene rings is 2. The highest BCUT2D eigenvalue weighted by atomic mass is 16.2. The number of amides is 1. The molecule has 3 N–H and O–H groups in total. The predicted octanol–water partition coefficient (Wildman–Crippen LogP) is 2.50. The first-order chi connectivity index (χ1) is 15.8. The van der Waals surface area contributed by atoms with E-state index >= 15 is 0 Å². The summed E-state index contributed by atoms with van der Waals surface area (Å²) in [6.45, 7) is 5.16. The molecular formula is C25H29N5O3. The number of hydrogen-bond acceptors (Lipinski definition) is 5. The predicted molar refractivity (Wildman–Crippen MR) is 131 cm³/mol. The minimum atomic E-state index is -0.598. The van der Waals surface area contributed by atoms with Crippen molar-refractivity contribution in [2.75, 3.05) is 29.0 Å². The number of nitrogens with zero attached hydrogens (tertiary/aromatic N) is 3. The van der Waals surface area contributed by atoms with E-state index in [9.17, 15) is 14.4 Å². The number of nitrogens with one attached hydrogen (secondary N) is 1. The molecule has 0 atom stereocenters. The number of aryl methyl sites for hydroxylation is 2. The Morgan fingerprint density at radius 2 is 1.67 bits per heavy atom. The lowest BCUT2D eigenvalue weighted by Crippen LogP contribution is -2.46. The number of carbonyl (C=O) groups excluding carboxylic acids is 1. The van der Waals surface area contributed by atoms with E-state index in [0.29, 0.717) is 24.5 Å². The van der Waals surface area contributed by atoms with E-state index in [1.165, 1.54) is 4.57 Å². The molecule has 0 bridgehead atoms. The lowest BCUT2D eigenvalue weighted by atomic mass is 10.1. The van der Waals surface area contributed by atoms with E-state index in [4.69, 9.17) is 5.73 Å². The van der Waals surface area contributed by atoms with Gasteiger partial charge in [-0.2, -0.15) is 0 Å². The van der Waals surface area contributed by atoms with Gasteiger partial charge < -0.3 is 16.0 Å². The zero-order chi connectivity index (χ0) is 23.5. The third kappa shape index (κ3) is 4.69. The summed E-state index contributed by atoms with van der Waals surface area (Å²) >= 11 is 0. The fourth-order valence-corrected chi connectivity index (χ4v) is 4.16. The van der Waals surface area contributed by atoms with Crippen molar-refractivity contribution in [2.45, 2.75) is 39.8 Å². The monoisotopic (exact) mass is 447 g/mol. The van der Waals surface area contributed by atoms with Crippen LogP contribution >= 0.6 is 0 Å². The largest absolute Gasteiger partial charge is 0.383 e. The Morgan fingerprint density at radius 3 is 2.33 bits per heavy atom. The molecule has 1 saturated heterocycles. The van der Waals surface area contributed by atoms with Crippen molar-refractivity contribution < 1.29 is 4.79 Å². The second kappa shape index (κ2) is 9.36. The Balaban J connectivity index is 1.72. The molecule has 2 aromatic carbocycles. The van der Waals surface area contributed by atoms with Gasteiger partial charge in [0.25, 0.3) is 5.56 Å². The highest BCUT2D eigenvalue weighted by molar-refractivity contribution is 5.90. The van der Waals surface area contributed by atoms with Crippen LogP contribution < -0.4 is 27.2 Å². The fraction of sp³-hybridized carbons (Fsp3) is 0.320. The van der Waals surface area contributed by atoms with Gasteiger partial charge in [-0.15, -0.1) is 0 Å². The number of rotatable bonds is 6. The third-order valence-corrected chi connectivity index (χ3v) is 6.14. The molecule has 172 valence electrons. The topological polar surface area (TPSA) is 102 Å². The van der Waals surface area contributed by atoms with Crippen LogP contribution in [0.25, 0.3) is 0 Å². The maximum absolute atomic E-state index is 13.3. The first-order valence-corrected chi connectivity index (χ1v) is 11.1. The molecule has 2 heterocycles. The summed E-state index contributed by atoms with van der Waals surface area (Å²) in [4.78, 5) is 41.4. The molecule has 0 saturated carbocycles. The van der Waals surface area contributed by atoms with Crippen molar-refractivity contribution in [2.24, 2.45) is 0 Å². The molecule has 3 aromatic rings. The van der Waals surface area contributed by atoms with Crippen molar-refractivity contribution in [3.05, 3.63) is 86.1 Å². The first kappa shape index (κ1) is 22.4. The smallest absolute Gasteiger partial charge is 0.333 e. The van der Waals surface area contributed by atoms with Gasteiger partial charge in [-0.3, -0.25) is 14.2 Å². The average Bonchev–Trinajstić information content (AvgIpc) is 3.32. The standard InChI is InChI=1S/C25H29N5O3/c1-17-10-11-20(14-18(17)2)27-21(31)16-30-24(32)22(28-12-6-7-13-28)23(26)29(25(30)33)15-19-8-4-3-5-9-19/h3-5,8-11,14H,6-7,12-13,15-16,26H2,1-2H3,(H,27,31). The van der Waals surface area contributed by atoms with E-state index in [-0.39, 0.29) is 18.9 Å². The molecule has 1 amide bonds. The van der Waals surface area contributed by atoms with Gasteiger partial charge in [-0.05, 0) is 55.5 Å². The van der Waals surface area contributed by atoms with Gasteiger partial charge in [-0.25, -0.2) is 9.36 Å². The normalized spacial score (nSPS) is 13.3. The summed E-state index contributed by atoms with van der Waals surface area (Å²) in [6, 6.07) is 15.0. The number of aromatic nitrogens is 2. The van der Waals surface area contributed by atoms with Gasteiger partial charge in [0.1, 0.15) is 18.1 Å². The maximum Gasteiger partial charge on any atom is 0.333 e. The van der Waals surface area contributed by atoms with Crippen LogP contribution in [0.2, 0.25) is 0 Å². The molecule has 0 unspecified atom stereocenters. The van der Waals surface area contributed by atoms with Gasteiger partial charge in [0.15, 0.2) is 0 Å². The van der Waals surface area contributed by atoms with Crippen molar-refractivity contribution in [3.63, 3.8) is 0 Å². The van der Waals surface area contributed by atoms with E-state index in [0.717, 1.165) is 34.1 Å². The Labute approximate surface area is 192 Å². The molecular weight excluding hydrogens is 418 g/mol. The van der Waals surface area contributed by atoms with Crippen LogP contribution in [0.15, 0.2) is 58.1 Å². The number of nitrogen functional groups attached to an aromatic ring is 1. The van der Waals surface area contributed by atoms with Crippen molar-refractivity contribution >= 4 is 23.1 Å². The van der Waals surface area contributed by atoms with Gasteiger partial charge >= 0.3 is 5.69 Å². The van der Waals surface area contributed by atoms with Crippen LogP contribution in [0.5, 0.6) is 0 Å². The number of carbonyl (C=O) groups is 1. The molecule has 0 radical (unpaired) electrons. The molecule has 4 rings (SSSR count). The highest BCUT2D eigenvalue weighted by Crippen LogP contribution is 2.22. The van der Waals surface area contributed by atoms with Gasteiger partial charge in [-0.1, -0.05) is 36.4 Å². The summed E-state index contributed by atoms with van der Waals surface area (Å²) in [6.07, 6.45) is 1.90. The van der Waals surface area contributed by atoms with E-state index in [1.54, 1.807) is 6.07 Å². The number of hydrogen-bond donors (Lipinski definition) is 2. The van der Waals surface area contributed by atoms with E-state index in [2.05, 4.69) is 5.32 Å². The van der Waals surface area contributed by atoms with Crippen LogP contribution in [-0.2, 0) is 17.9 Å². The molecule has 0 spiro atoms. The Kier molecular flexibility index (Phi) is 6.35. The fourth-order valence-electron chi connectivity index (χ4n) is 4.16. The van der Waals surface area contributed by atoms with E-state index in [1.807, 2.05) is 61.2 Å². The van der Waals surface area contributed by atoms with Crippen molar-refractivity contribution in [3.8, 4) is 0 Å². The SMILES string of the molecule is Cc1ccc(NC(=O)Cn2c(=O)c(N3CCCC3)c(N)n(Cc3ccccc3)c2=O)cc1C. The second-order valence-corrected chi connectivity index (χ2v) is 8.52. The first-order valence-electron chi connectivity index (χ1n) is 11.1. The lowest BCUT2D eigenvalue weighted by molar-refractivity contribution is -0.116. The van der Waals surface area contributed by atoms with Crippen LogP contribution in [0, 0.1) is 13.8 Å². The third-order valence-electron chi connectivity index (χ3n) is 6.14. The summed E-state index contributed by atoms with van der Waals surface area (Å²) in [5.41, 5.74) is 9.19. The summed E-state index contributed by atoms with van der Waals surface area (Å²) in [7, 11) is 0. The highest BCUT2D eigenvalue weighted by Gasteiger charge is 2.25. The summed E-state index contributed by atoms with van der Waals surface area (Å²) < 4.78 is 2.37. The molecule has 33 heavy (non-hydrogen) atoms. The van der Waals surface area contributed by atoms with Crippen LogP contribution in [0.1, 0.15) is 29.5 Å². The molecule has 1 aromatic heterocycles. The minimum Gasteiger partial charge on any atom is -0.383 e. The van der Waals surface area contributed by atoms with Crippen molar-refractivity contribution in [1.29, 1.82) is 0 Å². The Hall–Kier alpha value is -3.81. The molecule has 8 heteroatoms. The zero-order valence-corrected chi connectivity index (χ0v) is 19.0. The Morgan fingerprint density at radius 1 is 0.970 bits per heavy atom. The second-order valence-electron chi connectivity index (χ2n) is 8.52. The number of anilines is 3.